The first-order valence-corrected chi connectivity index (χ1v) is 7.66. The van der Waals surface area contributed by atoms with Gasteiger partial charge in [0, 0.05) is 22.3 Å². The summed E-state index contributed by atoms with van der Waals surface area (Å²) in [5.41, 5.74) is 1.58. The topological polar surface area (TPSA) is 88.1 Å². The molecule has 0 radical (unpaired) electrons. The summed E-state index contributed by atoms with van der Waals surface area (Å²) in [5.74, 6) is 0.853. The molecular formula is C19H18O7. The van der Waals surface area contributed by atoms with Crippen LogP contribution in [0.2, 0.25) is 0 Å². The molecule has 0 heterocycles. The Morgan fingerprint density at radius 1 is 0.808 bits per heavy atom. The monoisotopic (exact) mass is 358 g/mol. The van der Waals surface area contributed by atoms with E-state index in [0.717, 1.165) is 0 Å². The van der Waals surface area contributed by atoms with Crippen molar-refractivity contribution in [3.8, 4) is 11.5 Å². The molecule has 2 aromatic rings. The molecule has 0 spiro atoms. The van der Waals surface area contributed by atoms with Crippen LogP contribution in [-0.4, -0.2) is 32.9 Å². The molecule has 0 N–H and O–H groups in total. The van der Waals surface area contributed by atoms with Crippen molar-refractivity contribution in [2.45, 2.75) is 13.2 Å². The molecule has 0 aliphatic heterocycles. The minimum absolute atomic E-state index is 0.191. The summed E-state index contributed by atoms with van der Waals surface area (Å²) in [4.78, 5) is 34.1. The second-order valence-electron chi connectivity index (χ2n) is 5.12. The van der Waals surface area contributed by atoms with Gasteiger partial charge in [0.25, 0.3) is 0 Å². The zero-order valence-electron chi connectivity index (χ0n) is 14.4. The lowest BCUT2D eigenvalue weighted by Gasteiger charge is -2.13. The lowest BCUT2D eigenvalue weighted by atomic mass is 10.1. The fourth-order valence-corrected chi connectivity index (χ4v) is 2.38. The van der Waals surface area contributed by atoms with E-state index in [1.165, 1.54) is 14.2 Å². The lowest BCUT2D eigenvalue weighted by molar-refractivity contribution is 0.0434. The average molecular weight is 358 g/mol. The largest absolute Gasteiger partial charge is 0.508 e. The van der Waals surface area contributed by atoms with Gasteiger partial charge in [0.15, 0.2) is 12.6 Å². The zero-order valence-corrected chi connectivity index (χ0v) is 14.4. The quantitative estimate of drug-likeness (QED) is 0.529. The van der Waals surface area contributed by atoms with E-state index < -0.39 is 6.16 Å². The Bertz CT molecular complexity index is 733. The highest BCUT2D eigenvalue weighted by molar-refractivity contribution is 5.79. The van der Waals surface area contributed by atoms with E-state index in [4.69, 9.17) is 18.9 Å². The third kappa shape index (κ3) is 4.38. The number of aldehydes is 2. The van der Waals surface area contributed by atoms with Gasteiger partial charge in [-0.1, -0.05) is 24.3 Å². The van der Waals surface area contributed by atoms with Gasteiger partial charge in [0.05, 0.1) is 14.2 Å². The first-order valence-electron chi connectivity index (χ1n) is 7.66. The van der Waals surface area contributed by atoms with Gasteiger partial charge in [-0.05, 0) is 12.1 Å². The molecule has 0 amide bonds. The van der Waals surface area contributed by atoms with Crippen LogP contribution in [0.15, 0.2) is 36.4 Å². The Labute approximate surface area is 150 Å². The molecule has 2 rings (SSSR count). The summed E-state index contributed by atoms with van der Waals surface area (Å²) < 4.78 is 20.4. The van der Waals surface area contributed by atoms with Crippen molar-refractivity contribution in [2.24, 2.45) is 0 Å². The van der Waals surface area contributed by atoms with E-state index in [1.54, 1.807) is 36.4 Å². The highest BCUT2D eigenvalue weighted by atomic mass is 16.7. The van der Waals surface area contributed by atoms with Crippen molar-refractivity contribution in [2.75, 3.05) is 14.2 Å². The maximum atomic E-state index is 11.9. The summed E-state index contributed by atoms with van der Waals surface area (Å²) >= 11 is 0. The molecule has 0 fully saturated rings. The SMILES string of the molecule is COc1cccc(C=O)c1COC(=O)OCc1c(C=O)cccc1OC. The molecule has 2 aromatic carbocycles. The number of hydrogen-bond acceptors (Lipinski definition) is 7. The Kier molecular flexibility index (Phi) is 6.73. The fourth-order valence-electron chi connectivity index (χ4n) is 2.38. The van der Waals surface area contributed by atoms with Crippen LogP contribution in [0.3, 0.4) is 0 Å². The van der Waals surface area contributed by atoms with E-state index in [1.807, 2.05) is 0 Å². The summed E-state index contributed by atoms with van der Waals surface area (Å²) in [6, 6.07) is 9.81. The van der Waals surface area contributed by atoms with Crippen molar-refractivity contribution < 1.29 is 33.3 Å². The standard InChI is InChI=1S/C19H18O7/c1-23-17-7-3-5-13(9-20)15(17)11-25-19(22)26-12-16-14(10-21)6-4-8-18(16)24-2/h3-10H,11-12H2,1-2H3. The molecule has 0 saturated heterocycles. The second kappa shape index (κ2) is 9.22. The van der Waals surface area contributed by atoms with Crippen molar-refractivity contribution in [3.63, 3.8) is 0 Å². The zero-order chi connectivity index (χ0) is 18.9. The highest BCUT2D eigenvalue weighted by Gasteiger charge is 2.15. The molecule has 0 aliphatic carbocycles. The summed E-state index contributed by atoms with van der Waals surface area (Å²) in [6.07, 6.45) is 0.352. The number of ether oxygens (including phenoxy) is 4. The minimum atomic E-state index is -0.949. The maximum absolute atomic E-state index is 11.9. The molecule has 0 saturated carbocycles. The average Bonchev–Trinajstić information content (AvgIpc) is 2.69. The predicted octanol–water partition coefficient (Wildman–Crippen LogP) is 3.18. The summed E-state index contributed by atoms with van der Waals surface area (Å²) in [7, 11) is 2.91. The van der Waals surface area contributed by atoms with Crippen LogP contribution in [0.25, 0.3) is 0 Å². The minimum Gasteiger partial charge on any atom is -0.496 e. The molecule has 0 aliphatic rings. The van der Waals surface area contributed by atoms with Gasteiger partial charge in [-0.2, -0.15) is 0 Å². The van der Waals surface area contributed by atoms with Gasteiger partial charge in [-0.25, -0.2) is 4.79 Å². The number of hydrogen-bond donors (Lipinski definition) is 0. The van der Waals surface area contributed by atoms with Crippen molar-refractivity contribution in [1.29, 1.82) is 0 Å². The van der Waals surface area contributed by atoms with Crippen LogP contribution >= 0.6 is 0 Å². The van der Waals surface area contributed by atoms with Gasteiger partial charge >= 0.3 is 6.16 Å². The van der Waals surface area contributed by atoms with Crippen LogP contribution in [-0.2, 0) is 22.7 Å². The molecule has 7 nitrogen and oxygen atoms in total. The van der Waals surface area contributed by atoms with E-state index in [0.29, 0.717) is 46.3 Å². The number of rotatable bonds is 8. The van der Waals surface area contributed by atoms with Crippen LogP contribution in [0.4, 0.5) is 4.79 Å². The van der Waals surface area contributed by atoms with E-state index in [2.05, 4.69) is 0 Å². The Balaban J connectivity index is 2.03. The van der Waals surface area contributed by atoms with Crippen molar-refractivity contribution in [1.82, 2.24) is 0 Å². The van der Waals surface area contributed by atoms with Gasteiger partial charge < -0.3 is 18.9 Å². The van der Waals surface area contributed by atoms with Crippen molar-refractivity contribution >= 4 is 18.7 Å². The fraction of sp³-hybridized carbons (Fsp3) is 0.211. The molecule has 0 bridgehead atoms. The third-order valence-electron chi connectivity index (χ3n) is 3.70. The molecule has 0 aromatic heterocycles. The molecule has 136 valence electrons. The van der Waals surface area contributed by atoms with Crippen LogP contribution < -0.4 is 9.47 Å². The van der Waals surface area contributed by atoms with E-state index in [9.17, 15) is 14.4 Å². The number of benzene rings is 2. The maximum Gasteiger partial charge on any atom is 0.508 e. The Morgan fingerprint density at radius 3 is 1.58 bits per heavy atom. The Hall–Kier alpha value is -3.35. The van der Waals surface area contributed by atoms with Gasteiger partial charge in [-0.15, -0.1) is 0 Å². The number of carbonyl (C=O) groups is 3. The molecule has 0 unspecified atom stereocenters. The lowest BCUT2D eigenvalue weighted by Crippen LogP contribution is -2.10. The highest BCUT2D eigenvalue weighted by Crippen LogP contribution is 2.24. The molecule has 26 heavy (non-hydrogen) atoms. The molecular weight excluding hydrogens is 340 g/mol. The number of methoxy groups -OCH3 is 2. The second-order valence-corrected chi connectivity index (χ2v) is 5.12. The first-order chi connectivity index (χ1) is 12.6. The van der Waals surface area contributed by atoms with E-state index in [-0.39, 0.29) is 13.2 Å². The summed E-state index contributed by atoms with van der Waals surface area (Å²) in [6.45, 7) is -0.382. The van der Waals surface area contributed by atoms with Gasteiger partial charge in [0.2, 0.25) is 0 Å². The third-order valence-corrected chi connectivity index (χ3v) is 3.70. The smallest absolute Gasteiger partial charge is 0.496 e. The van der Waals surface area contributed by atoms with Gasteiger partial charge in [-0.3, -0.25) is 9.59 Å². The Morgan fingerprint density at radius 2 is 1.23 bits per heavy atom. The van der Waals surface area contributed by atoms with Gasteiger partial charge in [0.1, 0.15) is 24.7 Å². The predicted molar refractivity (Wildman–Crippen MR) is 91.7 cm³/mol. The first kappa shape index (κ1) is 19.0. The molecule has 7 heteroatoms. The van der Waals surface area contributed by atoms with E-state index >= 15 is 0 Å². The normalized spacial score (nSPS) is 9.92. The number of carbonyl (C=O) groups excluding carboxylic acids is 3. The van der Waals surface area contributed by atoms with Crippen LogP contribution in [0, 0.1) is 0 Å². The van der Waals surface area contributed by atoms with Crippen molar-refractivity contribution in [3.05, 3.63) is 58.7 Å². The van der Waals surface area contributed by atoms with Crippen LogP contribution in [0.5, 0.6) is 11.5 Å². The molecule has 0 atom stereocenters. The van der Waals surface area contributed by atoms with Crippen LogP contribution in [0.1, 0.15) is 31.8 Å². The summed E-state index contributed by atoms with van der Waals surface area (Å²) in [5, 5.41) is 0.